The Morgan fingerprint density at radius 1 is 1.22 bits per heavy atom. The second kappa shape index (κ2) is 10.1. The number of carbonyl (C=O) groups excluding carboxylic acids is 1. The van der Waals surface area contributed by atoms with E-state index in [0.29, 0.717) is 22.0 Å². The third kappa shape index (κ3) is 5.21. The molecule has 192 valence electrons. The van der Waals surface area contributed by atoms with Gasteiger partial charge in [-0.25, -0.2) is 12.7 Å². The molecule has 1 amide bonds. The number of hydrogen-bond donors (Lipinski definition) is 2. The minimum atomic E-state index is -3.38. The van der Waals surface area contributed by atoms with Crippen LogP contribution in [0.1, 0.15) is 30.1 Å². The van der Waals surface area contributed by atoms with Crippen LogP contribution in [0.5, 0.6) is 0 Å². The first kappa shape index (κ1) is 26.0. The number of benzene rings is 1. The molecule has 1 fully saturated rings. The molecule has 1 aliphatic rings. The molecule has 1 saturated heterocycles. The summed E-state index contributed by atoms with van der Waals surface area (Å²) >= 11 is 6.01. The number of sulfonamides is 1. The summed E-state index contributed by atoms with van der Waals surface area (Å²) in [5.74, 6) is -0.708. The summed E-state index contributed by atoms with van der Waals surface area (Å²) in [6.45, 7) is 1.48. The fraction of sp³-hybridized carbons (Fsp3) is 0.391. The molecular weight excluding hydrogens is 508 g/mol. The van der Waals surface area contributed by atoms with Crippen LogP contribution >= 0.6 is 11.6 Å². The minimum absolute atomic E-state index is 0.0239. The zero-order valence-corrected chi connectivity index (χ0v) is 21.5. The molecule has 0 spiro atoms. The van der Waals surface area contributed by atoms with Crippen LogP contribution in [-0.4, -0.2) is 74.3 Å². The standard InChI is InChI=1S/C23H27ClN6O5S/c1-3-36(34,35)29-10-8-23(15-31,9-11-29)26-21(32)19-12-20(16-4-6-17(24)7-5-16)27-30(22(19)33)18-13-25-28(2)14-18/h4-7,12-14,31H,3,8-11,15H2,1-2H3,(H,26,32). The Morgan fingerprint density at radius 3 is 2.44 bits per heavy atom. The lowest BCUT2D eigenvalue weighted by molar-refractivity contribution is 0.0720. The quantitative estimate of drug-likeness (QED) is 0.464. The molecule has 2 N–H and O–H groups in total. The Kier molecular flexibility index (Phi) is 7.32. The molecule has 0 bridgehead atoms. The van der Waals surface area contributed by atoms with E-state index < -0.39 is 33.6 Å². The maximum Gasteiger partial charge on any atom is 0.284 e. The summed E-state index contributed by atoms with van der Waals surface area (Å²) < 4.78 is 28.4. The van der Waals surface area contributed by atoms with Crippen molar-refractivity contribution in [2.24, 2.45) is 7.05 Å². The third-order valence-corrected chi connectivity index (χ3v) is 8.48. The number of nitrogens with zero attached hydrogens (tertiary/aromatic N) is 5. The summed E-state index contributed by atoms with van der Waals surface area (Å²) in [6.07, 6.45) is 3.47. The average Bonchev–Trinajstić information content (AvgIpc) is 3.31. The van der Waals surface area contributed by atoms with Crippen molar-refractivity contribution in [3.05, 3.63) is 63.7 Å². The highest BCUT2D eigenvalue weighted by Crippen LogP contribution is 2.25. The first-order valence-corrected chi connectivity index (χ1v) is 13.4. The number of aromatic nitrogens is 4. The second-order valence-corrected chi connectivity index (χ2v) is 11.4. The van der Waals surface area contributed by atoms with Gasteiger partial charge in [0.05, 0.1) is 36.0 Å². The molecule has 0 radical (unpaired) electrons. The molecule has 36 heavy (non-hydrogen) atoms. The van der Waals surface area contributed by atoms with Crippen molar-refractivity contribution >= 4 is 27.5 Å². The Balaban J connectivity index is 1.70. The number of rotatable bonds is 7. The Morgan fingerprint density at radius 2 is 1.89 bits per heavy atom. The SMILES string of the molecule is CCS(=O)(=O)N1CCC(CO)(NC(=O)c2cc(-c3ccc(Cl)cc3)nn(-c3cnn(C)c3)c2=O)CC1. The summed E-state index contributed by atoms with van der Waals surface area (Å²) in [7, 11) is -1.68. The van der Waals surface area contributed by atoms with Gasteiger partial charge < -0.3 is 10.4 Å². The van der Waals surface area contributed by atoms with E-state index in [1.807, 2.05) is 0 Å². The van der Waals surface area contributed by atoms with Crippen molar-refractivity contribution in [3.8, 4) is 16.9 Å². The van der Waals surface area contributed by atoms with Gasteiger partial charge in [0.1, 0.15) is 11.3 Å². The zero-order valence-electron chi connectivity index (χ0n) is 19.9. The van der Waals surface area contributed by atoms with E-state index in [2.05, 4.69) is 15.5 Å². The minimum Gasteiger partial charge on any atom is -0.394 e. The second-order valence-electron chi connectivity index (χ2n) is 8.73. The molecule has 1 aliphatic heterocycles. The predicted molar refractivity (Wildman–Crippen MR) is 135 cm³/mol. The van der Waals surface area contributed by atoms with Gasteiger partial charge in [0.25, 0.3) is 11.5 Å². The van der Waals surface area contributed by atoms with Gasteiger partial charge in [0.2, 0.25) is 10.0 Å². The van der Waals surface area contributed by atoms with Crippen LogP contribution in [-0.2, 0) is 17.1 Å². The molecule has 3 aromatic rings. The van der Waals surface area contributed by atoms with Crippen LogP contribution in [0.4, 0.5) is 0 Å². The lowest BCUT2D eigenvalue weighted by Gasteiger charge is -2.40. The maximum absolute atomic E-state index is 13.4. The predicted octanol–water partition coefficient (Wildman–Crippen LogP) is 1.19. The van der Waals surface area contributed by atoms with Gasteiger partial charge in [-0.1, -0.05) is 23.7 Å². The van der Waals surface area contributed by atoms with Crippen molar-refractivity contribution in [2.45, 2.75) is 25.3 Å². The van der Waals surface area contributed by atoms with Crippen molar-refractivity contribution in [1.82, 2.24) is 29.2 Å². The number of hydrogen-bond acceptors (Lipinski definition) is 7. The molecule has 0 aliphatic carbocycles. The molecule has 4 rings (SSSR count). The molecule has 2 aromatic heterocycles. The van der Waals surface area contributed by atoms with Gasteiger partial charge in [0.15, 0.2) is 0 Å². The number of carbonyl (C=O) groups is 1. The van der Waals surface area contributed by atoms with Gasteiger partial charge in [-0.2, -0.15) is 14.9 Å². The van der Waals surface area contributed by atoms with Gasteiger partial charge >= 0.3 is 0 Å². The van der Waals surface area contributed by atoms with Crippen LogP contribution in [0.2, 0.25) is 5.02 Å². The highest BCUT2D eigenvalue weighted by atomic mass is 35.5. The lowest BCUT2D eigenvalue weighted by atomic mass is 9.89. The first-order chi connectivity index (χ1) is 17.1. The highest BCUT2D eigenvalue weighted by Gasteiger charge is 2.39. The van der Waals surface area contributed by atoms with Gasteiger partial charge in [-0.3, -0.25) is 14.3 Å². The average molecular weight is 535 g/mol. The Hall–Kier alpha value is -3.06. The van der Waals surface area contributed by atoms with Crippen molar-refractivity contribution in [1.29, 1.82) is 0 Å². The molecule has 0 saturated carbocycles. The third-order valence-electron chi connectivity index (χ3n) is 6.35. The molecule has 3 heterocycles. The van der Waals surface area contributed by atoms with Crippen molar-refractivity contribution < 1.29 is 18.3 Å². The molecule has 0 atom stereocenters. The fourth-order valence-electron chi connectivity index (χ4n) is 4.12. The summed E-state index contributed by atoms with van der Waals surface area (Å²) in [5, 5.41) is 22.0. The van der Waals surface area contributed by atoms with Crippen molar-refractivity contribution in [3.63, 3.8) is 0 Å². The van der Waals surface area contributed by atoms with E-state index in [1.165, 1.54) is 21.3 Å². The van der Waals surface area contributed by atoms with E-state index in [0.717, 1.165) is 4.68 Å². The van der Waals surface area contributed by atoms with Gasteiger partial charge in [-0.15, -0.1) is 0 Å². The number of halogens is 1. The summed E-state index contributed by atoms with van der Waals surface area (Å²) in [4.78, 5) is 26.8. The topological polar surface area (TPSA) is 139 Å². The number of nitrogens with one attached hydrogen (secondary N) is 1. The summed E-state index contributed by atoms with van der Waals surface area (Å²) in [6, 6.07) is 8.20. The number of aryl methyl sites for hydroxylation is 1. The number of amides is 1. The van der Waals surface area contributed by atoms with Crippen LogP contribution < -0.4 is 10.9 Å². The normalized spacial score (nSPS) is 16.1. The van der Waals surface area contributed by atoms with Crippen LogP contribution in [0.25, 0.3) is 16.9 Å². The van der Waals surface area contributed by atoms with Gasteiger partial charge in [0, 0.05) is 30.7 Å². The number of piperidine rings is 1. The first-order valence-electron chi connectivity index (χ1n) is 11.4. The van der Waals surface area contributed by atoms with Crippen LogP contribution in [0.3, 0.4) is 0 Å². The largest absolute Gasteiger partial charge is 0.394 e. The molecule has 11 nitrogen and oxygen atoms in total. The monoisotopic (exact) mass is 534 g/mol. The van der Waals surface area contributed by atoms with E-state index in [4.69, 9.17) is 11.6 Å². The molecular formula is C23H27ClN6O5S. The zero-order chi connectivity index (χ0) is 26.1. The number of aliphatic hydroxyl groups is 1. The van der Waals surface area contributed by atoms with E-state index in [9.17, 15) is 23.1 Å². The van der Waals surface area contributed by atoms with Crippen LogP contribution in [0, 0.1) is 0 Å². The molecule has 0 unspecified atom stereocenters. The lowest BCUT2D eigenvalue weighted by Crippen LogP contribution is -2.58. The Labute approximate surface area is 213 Å². The smallest absolute Gasteiger partial charge is 0.284 e. The van der Waals surface area contributed by atoms with E-state index in [1.54, 1.807) is 44.4 Å². The van der Waals surface area contributed by atoms with Gasteiger partial charge in [-0.05, 0) is 38.0 Å². The van der Waals surface area contributed by atoms with E-state index >= 15 is 0 Å². The Bertz CT molecular complexity index is 1430. The number of aliphatic hydroxyl groups excluding tert-OH is 1. The molecule has 1 aromatic carbocycles. The molecule has 13 heteroatoms. The highest BCUT2D eigenvalue weighted by molar-refractivity contribution is 7.89. The van der Waals surface area contributed by atoms with E-state index in [-0.39, 0.29) is 37.2 Å². The van der Waals surface area contributed by atoms with Crippen LogP contribution in [0.15, 0.2) is 47.5 Å². The fourth-order valence-corrected chi connectivity index (χ4v) is 5.35. The summed E-state index contributed by atoms with van der Waals surface area (Å²) in [5.41, 5.74) is -0.510. The van der Waals surface area contributed by atoms with Crippen molar-refractivity contribution in [2.75, 3.05) is 25.4 Å². The maximum atomic E-state index is 13.4.